The van der Waals surface area contributed by atoms with Crippen molar-refractivity contribution in [2.24, 2.45) is 0 Å². The first-order valence-electron chi connectivity index (χ1n) is 7.47. The fourth-order valence-corrected chi connectivity index (χ4v) is 3.10. The molecule has 1 saturated carbocycles. The van der Waals surface area contributed by atoms with E-state index in [0.29, 0.717) is 6.04 Å². The van der Waals surface area contributed by atoms with Gasteiger partial charge in [0.25, 0.3) is 0 Å². The smallest absolute Gasteiger partial charge is 0.122 e. The summed E-state index contributed by atoms with van der Waals surface area (Å²) in [7, 11) is 0. The first-order chi connectivity index (χ1) is 9.31. The van der Waals surface area contributed by atoms with Crippen molar-refractivity contribution in [2.75, 3.05) is 13.2 Å². The Bertz CT molecular complexity index is 425. The van der Waals surface area contributed by atoms with Crippen molar-refractivity contribution < 1.29 is 9.84 Å². The van der Waals surface area contributed by atoms with E-state index in [4.69, 9.17) is 4.74 Å². The van der Waals surface area contributed by atoms with E-state index in [1.165, 1.54) is 11.1 Å². The zero-order chi connectivity index (χ0) is 13.1. The molecule has 0 amide bonds. The predicted octanol–water partition coefficient (Wildman–Crippen LogP) is 2.06. The second-order valence-electron chi connectivity index (χ2n) is 5.75. The Morgan fingerprint density at radius 1 is 1.21 bits per heavy atom. The van der Waals surface area contributed by atoms with Gasteiger partial charge >= 0.3 is 0 Å². The summed E-state index contributed by atoms with van der Waals surface area (Å²) < 4.78 is 5.52. The Kier molecular flexibility index (Phi) is 4.04. The van der Waals surface area contributed by atoms with Crippen molar-refractivity contribution >= 4 is 0 Å². The van der Waals surface area contributed by atoms with Gasteiger partial charge in [0.2, 0.25) is 0 Å². The van der Waals surface area contributed by atoms with Crippen LogP contribution in [-0.4, -0.2) is 30.4 Å². The second-order valence-corrected chi connectivity index (χ2v) is 5.75. The van der Waals surface area contributed by atoms with Crippen molar-refractivity contribution in [2.45, 2.75) is 50.7 Å². The number of ether oxygens (including phenoxy) is 1. The summed E-state index contributed by atoms with van der Waals surface area (Å²) in [6.45, 7) is 1.86. The molecule has 3 rings (SSSR count). The lowest BCUT2D eigenvalue weighted by Crippen LogP contribution is -2.35. The van der Waals surface area contributed by atoms with Gasteiger partial charge in [-0.05, 0) is 55.8 Å². The molecule has 0 bridgehead atoms. The molecule has 0 spiro atoms. The molecule has 19 heavy (non-hydrogen) atoms. The van der Waals surface area contributed by atoms with Crippen molar-refractivity contribution in [1.82, 2.24) is 5.32 Å². The first-order valence-corrected chi connectivity index (χ1v) is 7.47. The van der Waals surface area contributed by atoms with Crippen LogP contribution in [0.4, 0.5) is 0 Å². The zero-order valence-electron chi connectivity index (χ0n) is 11.4. The highest BCUT2D eigenvalue weighted by atomic mass is 16.5. The molecule has 1 heterocycles. The standard InChI is InChI=1S/C16H23NO2/c18-15-4-2-14(3-5-15)17-9-7-12-1-6-16-13(11-12)8-10-19-16/h1,6,11,14-15,17-18H,2-5,7-10H2. The summed E-state index contributed by atoms with van der Waals surface area (Å²) in [5.74, 6) is 1.07. The maximum atomic E-state index is 9.48. The third kappa shape index (κ3) is 3.28. The van der Waals surface area contributed by atoms with Crippen molar-refractivity contribution in [3.05, 3.63) is 29.3 Å². The van der Waals surface area contributed by atoms with Gasteiger partial charge in [0.1, 0.15) is 5.75 Å². The van der Waals surface area contributed by atoms with Crippen molar-refractivity contribution in [3.8, 4) is 5.75 Å². The molecule has 2 N–H and O–H groups in total. The molecule has 0 atom stereocenters. The van der Waals surface area contributed by atoms with E-state index in [0.717, 1.165) is 57.4 Å². The minimum absolute atomic E-state index is 0.0604. The van der Waals surface area contributed by atoms with Gasteiger partial charge in [-0.15, -0.1) is 0 Å². The molecule has 3 nitrogen and oxygen atoms in total. The Hall–Kier alpha value is -1.06. The van der Waals surface area contributed by atoms with Gasteiger partial charge in [-0.1, -0.05) is 12.1 Å². The molecule has 0 aromatic heterocycles. The highest BCUT2D eigenvalue weighted by Crippen LogP contribution is 2.26. The minimum Gasteiger partial charge on any atom is -0.493 e. The summed E-state index contributed by atoms with van der Waals surface area (Å²) in [5.41, 5.74) is 2.76. The van der Waals surface area contributed by atoms with Crippen LogP contribution in [0, 0.1) is 0 Å². The number of hydrogen-bond acceptors (Lipinski definition) is 3. The van der Waals surface area contributed by atoms with E-state index >= 15 is 0 Å². The van der Waals surface area contributed by atoms with Gasteiger partial charge < -0.3 is 15.2 Å². The van der Waals surface area contributed by atoms with Gasteiger partial charge in [-0.3, -0.25) is 0 Å². The van der Waals surface area contributed by atoms with E-state index in [1.807, 2.05) is 0 Å². The van der Waals surface area contributed by atoms with E-state index < -0.39 is 0 Å². The Morgan fingerprint density at radius 2 is 2.05 bits per heavy atom. The third-order valence-corrected chi connectivity index (χ3v) is 4.30. The van der Waals surface area contributed by atoms with Crippen LogP contribution in [0.3, 0.4) is 0 Å². The van der Waals surface area contributed by atoms with Gasteiger partial charge in [0, 0.05) is 12.5 Å². The van der Waals surface area contributed by atoms with Gasteiger partial charge in [-0.25, -0.2) is 0 Å². The van der Waals surface area contributed by atoms with Crippen LogP contribution in [0.5, 0.6) is 5.75 Å². The lowest BCUT2D eigenvalue weighted by molar-refractivity contribution is 0.117. The fourth-order valence-electron chi connectivity index (χ4n) is 3.10. The van der Waals surface area contributed by atoms with Crippen LogP contribution in [0.2, 0.25) is 0 Å². The van der Waals surface area contributed by atoms with E-state index in [2.05, 4.69) is 23.5 Å². The molecular formula is C16H23NO2. The lowest BCUT2D eigenvalue weighted by atomic mass is 9.93. The van der Waals surface area contributed by atoms with Crippen molar-refractivity contribution in [1.29, 1.82) is 0 Å². The van der Waals surface area contributed by atoms with Crippen LogP contribution in [0.15, 0.2) is 18.2 Å². The van der Waals surface area contributed by atoms with Crippen LogP contribution in [0.1, 0.15) is 36.8 Å². The number of hydrogen-bond donors (Lipinski definition) is 2. The Balaban J connectivity index is 1.45. The van der Waals surface area contributed by atoms with Crippen molar-refractivity contribution in [3.63, 3.8) is 0 Å². The maximum Gasteiger partial charge on any atom is 0.122 e. The zero-order valence-corrected chi connectivity index (χ0v) is 11.4. The van der Waals surface area contributed by atoms with Gasteiger partial charge in [-0.2, -0.15) is 0 Å². The minimum atomic E-state index is -0.0604. The number of aliphatic hydroxyl groups excluding tert-OH is 1. The molecule has 0 radical (unpaired) electrons. The largest absolute Gasteiger partial charge is 0.493 e. The molecule has 104 valence electrons. The molecule has 0 unspecified atom stereocenters. The van der Waals surface area contributed by atoms with E-state index in [-0.39, 0.29) is 6.10 Å². The number of rotatable bonds is 4. The molecule has 3 heteroatoms. The molecule has 1 aromatic carbocycles. The number of fused-ring (bicyclic) bond motifs is 1. The highest BCUT2D eigenvalue weighted by Gasteiger charge is 2.18. The molecule has 1 fully saturated rings. The number of benzene rings is 1. The maximum absolute atomic E-state index is 9.48. The molecule has 1 aromatic rings. The summed E-state index contributed by atoms with van der Waals surface area (Å²) in [4.78, 5) is 0. The van der Waals surface area contributed by atoms with E-state index in [1.54, 1.807) is 0 Å². The quantitative estimate of drug-likeness (QED) is 0.871. The average molecular weight is 261 g/mol. The van der Waals surface area contributed by atoms with Crippen LogP contribution in [-0.2, 0) is 12.8 Å². The third-order valence-electron chi connectivity index (χ3n) is 4.30. The fraction of sp³-hybridized carbons (Fsp3) is 0.625. The topological polar surface area (TPSA) is 41.5 Å². The summed E-state index contributed by atoms with van der Waals surface area (Å²) in [6.07, 6.45) is 6.19. The number of nitrogens with one attached hydrogen (secondary N) is 1. The SMILES string of the molecule is OC1CCC(NCCc2ccc3c(c2)CCO3)CC1. The summed E-state index contributed by atoms with van der Waals surface area (Å²) in [5, 5.41) is 13.1. The lowest BCUT2D eigenvalue weighted by Gasteiger charge is -2.26. The Labute approximate surface area is 115 Å². The van der Waals surface area contributed by atoms with Crippen LogP contribution >= 0.6 is 0 Å². The van der Waals surface area contributed by atoms with Gasteiger partial charge in [0.15, 0.2) is 0 Å². The summed E-state index contributed by atoms with van der Waals surface area (Å²) in [6, 6.07) is 7.17. The summed E-state index contributed by atoms with van der Waals surface area (Å²) >= 11 is 0. The highest BCUT2D eigenvalue weighted by molar-refractivity contribution is 5.39. The monoisotopic (exact) mass is 261 g/mol. The van der Waals surface area contributed by atoms with Crippen LogP contribution < -0.4 is 10.1 Å². The first kappa shape index (κ1) is 12.9. The normalized spacial score (nSPS) is 25.9. The average Bonchev–Trinajstić information content (AvgIpc) is 2.88. The van der Waals surface area contributed by atoms with Crippen LogP contribution in [0.25, 0.3) is 0 Å². The molecule has 2 aliphatic rings. The number of aliphatic hydroxyl groups is 1. The van der Waals surface area contributed by atoms with Gasteiger partial charge in [0.05, 0.1) is 12.7 Å². The molecular weight excluding hydrogens is 238 g/mol. The predicted molar refractivity (Wildman–Crippen MR) is 75.6 cm³/mol. The van der Waals surface area contributed by atoms with E-state index in [9.17, 15) is 5.11 Å². The molecule has 1 aliphatic heterocycles. The second kappa shape index (κ2) is 5.93. The Morgan fingerprint density at radius 3 is 2.89 bits per heavy atom. The molecule has 0 saturated heterocycles. The molecule has 1 aliphatic carbocycles.